The topological polar surface area (TPSA) is 83.9 Å². The number of hydrogen-bond donors (Lipinski definition) is 1. The molecule has 1 fully saturated rings. The molecule has 1 aromatic rings. The molecular formula is C17H24FNO5S. The second kappa shape index (κ2) is 7.80. The summed E-state index contributed by atoms with van der Waals surface area (Å²) < 4.78 is 46.9. The lowest BCUT2D eigenvalue weighted by atomic mass is 10.1. The van der Waals surface area contributed by atoms with E-state index in [4.69, 9.17) is 9.84 Å². The molecule has 1 aliphatic heterocycles. The molecule has 1 aromatic carbocycles. The molecule has 0 saturated carbocycles. The second-order valence-electron chi connectivity index (χ2n) is 6.76. The van der Waals surface area contributed by atoms with Crippen LogP contribution in [0.25, 0.3) is 0 Å². The quantitative estimate of drug-likeness (QED) is 0.829. The van der Waals surface area contributed by atoms with Gasteiger partial charge in [0.05, 0.1) is 11.7 Å². The predicted octanol–water partition coefficient (Wildman–Crippen LogP) is 2.66. The Labute approximate surface area is 147 Å². The summed E-state index contributed by atoms with van der Waals surface area (Å²) in [6.45, 7) is 6.69. The lowest BCUT2D eigenvalue weighted by Gasteiger charge is -2.31. The third-order valence-electron chi connectivity index (χ3n) is 4.10. The van der Waals surface area contributed by atoms with Crippen LogP contribution in [0.15, 0.2) is 17.0 Å². The maximum atomic E-state index is 14.4. The number of benzene rings is 1. The zero-order valence-electron chi connectivity index (χ0n) is 14.7. The summed E-state index contributed by atoms with van der Waals surface area (Å²) in [6.07, 6.45) is 1.06. The Morgan fingerprint density at radius 3 is 2.48 bits per heavy atom. The Balaban J connectivity index is 2.19. The van der Waals surface area contributed by atoms with Gasteiger partial charge in [-0.05, 0) is 43.4 Å². The molecule has 1 heterocycles. The minimum atomic E-state index is -4.09. The minimum Gasteiger partial charge on any atom is -0.478 e. The SMILES string of the molecule is Cc1cc(C(=O)O)c(F)c(S(=O)(=O)N2CCC(OCC(C)C)CC2)c1. The lowest BCUT2D eigenvalue weighted by molar-refractivity contribution is 0.00747. The van der Waals surface area contributed by atoms with Crippen molar-refractivity contribution in [3.63, 3.8) is 0 Å². The van der Waals surface area contributed by atoms with Crippen LogP contribution in [-0.2, 0) is 14.8 Å². The van der Waals surface area contributed by atoms with Gasteiger partial charge in [0.1, 0.15) is 4.90 Å². The van der Waals surface area contributed by atoms with Crippen LogP contribution in [0.5, 0.6) is 0 Å². The van der Waals surface area contributed by atoms with Crippen molar-refractivity contribution in [2.24, 2.45) is 5.92 Å². The van der Waals surface area contributed by atoms with Crippen molar-refractivity contribution in [1.82, 2.24) is 4.31 Å². The molecule has 0 unspecified atom stereocenters. The summed E-state index contributed by atoms with van der Waals surface area (Å²) in [4.78, 5) is 10.6. The van der Waals surface area contributed by atoms with Crippen LogP contribution in [0.4, 0.5) is 4.39 Å². The number of ether oxygens (including phenoxy) is 1. The van der Waals surface area contributed by atoms with Crippen LogP contribution < -0.4 is 0 Å². The van der Waals surface area contributed by atoms with E-state index < -0.39 is 32.3 Å². The number of carboxylic acid groups (broad SMARTS) is 1. The van der Waals surface area contributed by atoms with Crippen LogP contribution in [0, 0.1) is 18.7 Å². The van der Waals surface area contributed by atoms with Crippen LogP contribution in [0.3, 0.4) is 0 Å². The first-order chi connectivity index (χ1) is 11.6. The van der Waals surface area contributed by atoms with Gasteiger partial charge >= 0.3 is 5.97 Å². The lowest BCUT2D eigenvalue weighted by Crippen LogP contribution is -2.41. The van der Waals surface area contributed by atoms with E-state index in [2.05, 4.69) is 0 Å². The maximum absolute atomic E-state index is 14.4. The molecule has 1 N–H and O–H groups in total. The highest BCUT2D eigenvalue weighted by Gasteiger charge is 2.33. The zero-order valence-corrected chi connectivity index (χ0v) is 15.5. The molecule has 1 saturated heterocycles. The van der Waals surface area contributed by atoms with E-state index in [0.717, 1.165) is 6.07 Å². The largest absolute Gasteiger partial charge is 0.478 e. The zero-order chi connectivity index (χ0) is 18.8. The first-order valence-corrected chi connectivity index (χ1v) is 9.72. The van der Waals surface area contributed by atoms with E-state index in [1.54, 1.807) is 0 Å². The molecule has 0 spiro atoms. The van der Waals surface area contributed by atoms with Crippen LogP contribution in [0.1, 0.15) is 42.6 Å². The number of carboxylic acids is 1. The number of aryl methyl sites for hydroxylation is 1. The monoisotopic (exact) mass is 373 g/mol. The molecule has 8 heteroatoms. The molecule has 0 bridgehead atoms. The van der Waals surface area contributed by atoms with Crippen LogP contribution >= 0.6 is 0 Å². The Bertz CT molecular complexity index is 740. The molecule has 1 aliphatic rings. The molecular weight excluding hydrogens is 349 g/mol. The average Bonchev–Trinajstić information content (AvgIpc) is 2.54. The number of rotatable bonds is 6. The smallest absolute Gasteiger partial charge is 0.338 e. The third-order valence-corrected chi connectivity index (χ3v) is 6.00. The molecule has 0 amide bonds. The highest BCUT2D eigenvalue weighted by molar-refractivity contribution is 7.89. The van der Waals surface area contributed by atoms with Gasteiger partial charge in [-0.1, -0.05) is 13.8 Å². The van der Waals surface area contributed by atoms with Gasteiger partial charge in [0.15, 0.2) is 5.82 Å². The molecule has 6 nitrogen and oxygen atoms in total. The fourth-order valence-corrected chi connectivity index (χ4v) is 4.43. The van der Waals surface area contributed by atoms with Crippen molar-refractivity contribution in [2.45, 2.75) is 44.6 Å². The van der Waals surface area contributed by atoms with Gasteiger partial charge in [-0.25, -0.2) is 17.6 Å². The highest BCUT2D eigenvalue weighted by atomic mass is 32.2. The summed E-state index contributed by atoms with van der Waals surface area (Å²) in [5.41, 5.74) is -0.249. The number of hydrogen-bond acceptors (Lipinski definition) is 4. The van der Waals surface area contributed by atoms with E-state index in [1.807, 2.05) is 13.8 Å². The fraction of sp³-hybridized carbons (Fsp3) is 0.588. The average molecular weight is 373 g/mol. The Hall–Kier alpha value is -1.51. The van der Waals surface area contributed by atoms with Crippen molar-refractivity contribution >= 4 is 16.0 Å². The standard InChI is InChI=1S/C17H24FNO5S/c1-11(2)10-24-13-4-6-19(7-5-13)25(22,23)15-9-12(3)8-14(16(15)18)17(20)21/h8-9,11,13H,4-7,10H2,1-3H3,(H,20,21). The van der Waals surface area contributed by atoms with Gasteiger partial charge < -0.3 is 9.84 Å². The van der Waals surface area contributed by atoms with E-state index in [9.17, 15) is 17.6 Å². The number of halogens is 1. The van der Waals surface area contributed by atoms with E-state index >= 15 is 0 Å². The third kappa shape index (κ3) is 4.56. The fourth-order valence-electron chi connectivity index (χ4n) is 2.79. The highest BCUT2D eigenvalue weighted by Crippen LogP contribution is 2.27. The van der Waals surface area contributed by atoms with Gasteiger partial charge in [0, 0.05) is 19.7 Å². The molecule has 25 heavy (non-hydrogen) atoms. The van der Waals surface area contributed by atoms with Crippen LogP contribution in [-0.4, -0.2) is 49.6 Å². The number of sulfonamides is 1. The number of piperidine rings is 1. The van der Waals surface area contributed by atoms with E-state index in [-0.39, 0.29) is 19.2 Å². The summed E-state index contributed by atoms with van der Waals surface area (Å²) in [7, 11) is -4.09. The summed E-state index contributed by atoms with van der Waals surface area (Å²) in [5, 5.41) is 9.06. The molecule has 2 rings (SSSR count). The van der Waals surface area contributed by atoms with Crippen LogP contribution in [0.2, 0.25) is 0 Å². The van der Waals surface area contributed by atoms with Crippen molar-refractivity contribution in [2.75, 3.05) is 19.7 Å². The van der Waals surface area contributed by atoms with E-state index in [1.165, 1.54) is 17.3 Å². The molecule has 140 valence electrons. The number of nitrogens with zero attached hydrogens (tertiary/aromatic N) is 1. The summed E-state index contributed by atoms with van der Waals surface area (Å²) >= 11 is 0. The Kier molecular flexibility index (Phi) is 6.18. The minimum absolute atomic E-state index is 0.00853. The molecule has 0 radical (unpaired) electrons. The van der Waals surface area contributed by atoms with Crippen molar-refractivity contribution < 1.29 is 27.4 Å². The molecule has 0 aromatic heterocycles. The predicted molar refractivity (Wildman–Crippen MR) is 90.7 cm³/mol. The van der Waals surface area contributed by atoms with Gasteiger partial charge in [0.2, 0.25) is 10.0 Å². The number of carbonyl (C=O) groups is 1. The Morgan fingerprint density at radius 2 is 1.96 bits per heavy atom. The maximum Gasteiger partial charge on any atom is 0.338 e. The first-order valence-electron chi connectivity index (χ1n) is 8.28. The first kappa shape index (κ1) is 19.8. The van der Waals surface area contributed by atoms with Crippen molar-refractivity contribution in [3.05, 3.63) is 29.1 Å². The van der Waals surface area contributed by atoms with Gasteiger partial charge in [-0.15, -0.1) is 0 Å². The molecule has 0 atom stereocenters. The van der Waals surface area contributed by atoms with Gasteiger partial charge in [0.25, 0.3) is 0 Å². The second-order valence-corrected chi connectivity index (χ2v) is 8.67. The molecule has 0 aliphatic carbocycles. The summed E-state index contributed by atoms with van der Waals surface area (Å²) in [6, 6.07) is 2.31. The normalized spacial score (nSPS) is 17.2. The van der Waals surface area contributed by atoms with Crippen molar-refractivity contribution in [1.29, 1.82) is 0 Å². The summed E-state index contributed by atoms with van der Waals surface area (Å²) in [5.74, 6) is -2.30. The number of aromatic carboxylic acids is 1. The Morgan fingerprint density at radius 1 is 1.36 bits per heavy atom. The van der Waals surface area contributed by atoms with E-state index in [0.29, 0.717) is 30.9 Å². The van der Waals surface area contributed by atoms with Crippen molar-refractivity contribution in [3.8, 4) is 0 Å². The van der Waals surface area contributed by atoms with Gasteiger partial charge in [-0.3, -0.25) is 0 Å². The van der Waals surface area contributed by atoms with Gasteiger partial charge in [-0.2, -0.15) is 4.31 Å².